The molecule has 0 radical (unpaired) electrons. The van der Waals surface area contributed by atoms with E-state index in [0.29, 0.717) is 6.04 Å². The predicted molar refractivity (Wildman–Crippen MR) is 100 cm³/mol. The maximum absolute atomic E-state index is 6.33. The quantitative estimate of drug-likeness (QED) is 0.882. The van der Waals surface area contributed by atoms with Crippen molar-refractivity contribution < 1.29 is 0 Å². The molecule has 3 rings (SSSR count). The number of nitrogens with zero attached hydrogens (tertiary/aromatic N) is 2. The van der Waals surface area contributed by atoms with E-state index in [2.05, 4.69) is 52.5 Å². The lowest BCUT2D eigenvalue weighted by molar-refractivity contribution is 0.162. The summed E-state index contributed by atoms with van der Waals surface area (Å²) in [5.41, 5.74) is 3.54. The Labute approximate surface area is 150 Å². The van der Waals surface area contributed by atoms with Gasteiger partial charge in [0, 0.05) is 30.4 Å². The first-order valence-electron chi connectivity index (χ1n) is 8.82. The van der Waals surface area contributed by atoms with E-state index in [9.17, 15) is 0 Å². The lowest BCUT2D eigenvalue weighted by Gasteiger charge is -2.31. The molecule has 1 fully saturated rings. The zero-order valence-electron chi connectivity index (χ0n) is 14.3. The van der Waals surface area contributed by atoms with Crippen LogP contribution in [0.25, 0.3) is 0 Å². The summed E-state index contributed by atoms with van der Waals surface area (Å²) >= 11 is 6.33. The van der Waals surface area contributed by atoms with Crippen LogP contribution < -0.4 is 5.32 Å². The number of pyridine rings is 1. The van der Waals surface area contributed by atoms with Gasteiger partial charge in [-0.25, -0.2) is 0 Å². The van der Waals surface area contributed by atoms with Gasteiger partial charge in [0.2, 0.25) is 0 Å². The summed E-state index contributed by atoms with van der Waals surface area (Å²) in [6, 6.07) is 13.2. The Morgan fingerprint density at radius 1 is 1.17 bits per heavy atom. The molecule has 1 aromatic carbocycles. The molecular formula is C20H26ClN3. The highest BCUT2D eigenvalue weighted by atomic mass is 35.5. The minimum Gasteiger partial charge on any atom is -0.317 e. The molecule has 0 bridgehead atoms. The van der Waals surface area contributed by atoms with Gasteiger partial charge in [0.05, 0.1) is 5.69 Å². The van der Waals surface area contributed by atoms with Crippen LogP contribution >= 0.6 is 11.6 Å². The third-order valence-corrected chi connectivity index (χ3v) is 5.18. The van der Waals surface area contributed by atoms with Gasteiger partial charge < -0.3 is 5.32 Å². The molecule has 0 aliphatic carbocycles. The first-order chi connectivity index (χ1) is 11.7. The molecule has 1 atom stereocenters. The fourth-order valence-corrected chi connectivity index (χ4v) is 3.55. The Morgan fingerprint density at radius 3 is 2.88 bits per heavy atom. The van der Waals surface area contributed by atoms with Crippen molar-refractivity contribution >= 4 is 11.6 Å². The lowest BCUT2D eigenvalue weighted by atomic mass is 10.0. The Balaban J connectivity index is 1.78. The molecule has 128 valence electrons. The van der Waals surface area contributed by atoms with E-state index >= 15 is 0 Å². The molecule has 1 unspecified atom stereocenters. The summed E-state index contributed by atoms with van der Waals surface area (Å²) in [7, 11) is 0. The number of benzene rings is 1. The van der Waals surface area contributed by atoms with Crippen molar-refractivity contribution in [2.45, 2.75) is 45.3 Å². The summed E-state index contributed by atoms with van der Waals surface area (Å²) in [6.07, 6.45) is 5.54. The Bertz CT molecular complexity index is 637. The van der Waals surface area contributed by atoms with E-state index in [1.165, 1.54) is 24.8 Å². The molecule has 3 nitrogen and oxygen atoms in total. The molecule has 2 aromatic rings. The molecular weight excluding hydrogens is 318 g/mol. The van der Waals surface area contributed by atoms with Gasteiger partial charge in [0.15, 0.2) is 0 Å². The molecule has 1 aliphatic rings. The van der Waals surface area contributed by atoms with E-state index in [-0.39, 0.29) is 0 Å². The number of aromatic nitrogens is 1. The molecule has 24 heavy (non-hydrogen) atoms. The van der Waals surface area contributed by atoms with Crippen molar-refractivity contribution in [2.24, 2.45) is 0 Å². The van der Waals surface area contributed by atoms with Gasteiger partial charge in [0.1, 0.15) is 0 Å². The van der Waals surface area contributed by atoms with Crippen LogP contribution in [0, 0.1) is 6.92 Å². The van der Waals surface area contributed by atoms with Gasteiger partial charge in [-0.3, -0.25) is 9.88 Å². The van der Waals surface area contributed by atoms with Crippen molar-refractivity contribution in [1.82, 2.24) is 15.2 Å². The van der Waals surface area contributed by atoms with Gasteiger partial charge >= 0.3 is 0 Å². The third kappa shape index (κ3) is 4.79. The van der Waals surface area contributed by atoms with Crippen LogP contribution in [0.5, 0.6) is 0 Å². The number of rotatable bonds is 5. The fourth-order valence-electron chi connectivity index (χ4n) is 3.35. The van der Waals surface area contributed by atoms with Crippen LogP contribution in [0.1, 0.15) is 36.1 Å². The van der Waals surface area contributed by atoms with Gasteiger partial charge in [0.25, 0.3) is 0 Å². The predicted octanol–water partition coefficient (Wildman–Crippen LogP) is 4.19. The van der Waals surface area contributed by atoms with E-state index in [1.54, 1.807) is 0 Å². The largest absolute Gasteiger partial charge is 0.317 e. The fraction of sp³-hybridized carbons (Fsp3) is 0.450. The van der Waals surface area contributed by atoms with Gasteiger partial charge in [-0.1, -0.05) is 29.8 Å². The summed E-state index contributed by atoms with van der Waals surface area (Å²) < 4.78 is 0. The highest BCUT2D eigenvalue weighted by Crippen LogP contribution is 2.22. The smallest absolute Gasteiger partial charge is 0.0544 e. The molecule has 0 saturated carbocycles. The van der Waals surface area contributed by atoms with Crippen molar-refractivity contribution in [3.8, 4) is 0 Å². The topological polar surface area (TPSA) is 28.2 Å². The first-order valence-corrected chi connectivity index (χ1v) is 9.20. The second kappa shape index (κ2) is 8.61. The summed E-state index contributed by atoms with van der Waals surface area (Å²) in [6.45, 7) is 6.08. The number of halogens is 1. The zero-order valence-corrected chi connectivity index (χ0v) is 15.1. The van der Waals surface area contributed by atoms with Crippen LogP contribution in [0.4, 0.5) is 0 Å². The summed E-state index contributed by atoms with van der Waals surface area (Å²) in [4.78, 5) is 7.09. The third-order valence-electron chi connectivity index (χ3n) is 4.77. The van der Waals surface area contributed by atoms with E-state index in [1.807, 2.05) is 12.3 Å². The second-order valence-corrected chi connectivity index (χ2v) is 7.05. The van der Waals surface area contributed by atoms with Gasteiger partial charge in [-0.15, -0.1) is 0 Å². The SMILES string of the molecule is Cc1ccc(CN(Cc2ccccn2)C2CCCNCC2)cc1Cl. The van der Waals surface area contributed by atoms with Crippen molar-refractivity contribution in [3.05, 3.63) is 64.4 Å². The van der Waals surface area contributed by atoms with Crippen LogP contribution in [0.3, 0.4) is 0 Å². The van der Waals surface area contributed by atoms with Crippen molar-refractivity contribution in [1.29, 1.82) is 0 Å². The first kappa shape index (κ1) is 17.4. The number of hydrogen-bond donors (Lipinski definition) is 1. The van der Waals surface area contributed by atoms with Crippen LogP contribution in [0.2, 0.25) is 5.02 Å². The molecule has 0 spiro atoms. The minimum atomic E-state index is 0.585. The molecule has 2 heterocycles. The summed E-state index contributed by atoms with van der Waals surface area (Å²) in [5, 5.41) is 4.37. The van der Waals surface area contributed by atoms with Gasteiger partial charge in [-0.05, 0) is 68.6 Å². The Hall–Kier alpha value is -1.42. The summed E-state index contributed by atoms with van der Waals surface area (Å²) in [5.74, 6) is 0. The second-order valence-electron chi connectivity index (χ2n) is 6.64. The average Bonchev–Trinajstić information content (AvgIpc) is 2.88. The minimum absolute atomic E-state index is 0.585. The maximum Gasteiger partial charge on any atom is 0.0544 e. The molecule has 1 N–H and O–H groups in total. The molecule has 0 amide bonds. The Kier molecular flexibility index (Phi) is 6.24. The number of aryl methyl sites for hydroxylation is 1. The lowest BCUT2D eigenvalue weighted by Crippen LogP contribution is -2.35. The standard InChI is InChI=1S/C20H26ClN3/c1-16-7-8-17(13-20(16)21)14-24(15-18-5-2-3-11-23-18)19-6-4-10-22-12-9-19/h2-3,5,7-8,11,13,19,22H,4,6,9-10,12,14-15H2,1H3. The van der Waals surface area contributed by atoms with E-state index < -0.39 is 0 Å². The average molecular weight is 344 g/mol. The van der Waals surface area contributed by atoms with Gasteiger partial charge in [-0.2, -0.15) is 0 Å². The van der Waals surface area contributed by atoms with Crippen LogP contribution in [-0.4, -0.2) is 29.0 Å². The number of nitrogens with one attached hydrogen (secondary N) is 1. The highest BCUT2D eigenvalue weighted by Gasteiger charge is 2.21. The monoisotopic (exact) mass is 343 g/mol. The molecule has 1 aromatic heterocycles. The molecule has 4 heteroatoms. The molecule has 1 aliphatic heterocycles. The van der Waals surface area contributed by atoms with Crippen molar-refractivity contribution in [3.63, 3.8) is 0 Å². The van der Waals surface area contributed by atoms with Crippen LogP contribution in [0.15, 0.2) is 42.6 Å². The molecule has 1 saturated heterocycles. The maximum atomic E-state index is 6.33. The van der Waals surface area contributed by atoms with E-state index in [0.717, 1.165) is 42.5 Å². The van der Waals surface area contributed by atoms with Crippen LogP contribution in [-0.2, 0) is 13.1 Å². The van der Waals surface area contributed by atoms with E-state index in [4.69, 9.17) is 11.6 Å². The Morgan fingerprint density at radius 2 is 2.08 bits per heavy atom. The zero-order chi connectivity index (χ0) is 16.8. The normalized spacial score (nSPS) is 18.5. The highest BCUT2D eigenvalue weighted by molar-refractivity contribution is 6.31. The van der Waals surface area contributed by atoms with Crippen molar-refractivity contribution in [2.75, 3.05) is 13.1 Å². The number of hydrogen-bond acceptors (Lipinski definition) is 3.